The van der Waals surface area contributed by atoms with E-state index in [0.717, 1.165) is 16.5 Å². The van der Waals surface area contributed by atoms with Gasteiger partial charge >= 0.3 is 5.97 Å². The van der Waals surface area contributed by atoms with Crippen molar-refractivity contribution in [3.63, 3.8) is 0 Å². The van der Waals surface area contributed by atoms with Crippen LogP contribution in [0.2, 0.25) is 0 Å². The van der Waals surface area contributed by atoms with Crippen LogP contribution in [0.1, 0.15) is 18.9 Å². The van der Waals surface area contributed by atoms with Gasteiger partial charge in [0.15, 0.2) is 0 Å². The number of carbonyl (C=O) groups excluding carboxylic acids is 1. The average molecular weight is 269 g/mol. The number of hydrogen-bond donors (Lipinski definition) is 0. The van der Waals surface area contributed by atoms with Crippen LogP contribution in [0.4, 0.5) is 0 Å². The fraction of sp³-hybridized carbons (Fsp3) is 0.250. The van der Waals surface area contributed by atoms with Crippen LogP contribution >= 0.6 is 15.9 Å². The van der Waals surface area contributed by atoms with E-state index >= 15 is 0 Å². The maximum absolute atomic E-state index is 11.1. The van der Waals surface area contributed by atoms with E-state index in [4.69, 9.17) is 4.74 Å². The second kappa shape index (κ2) is 6.40. The molecule has 0 heterocycles. The van der Waals surface area contributed by atoms with Gasteiger partial charge in [-0.05, 0) is 30.2 Å². The molecule has 0 saturated heterocycles. The third-order valence-corrected chi connectivity index (χ3v) is 2.20. The molecule has 3 heteroatoms. The maximum atomic E-state index is 11.1. The van der Waals surface area contributed by atoms with Crippen LogP contribution in [0, 0.1) is 0 Å². The van der Waals surface area contributed by atoms with E-state index in [2.05, 4.69) is 15.9 Å². The Hall–Kier alpha value is -1.09. The maximum Gasteiger partial charge on any atom is 0.330 e. The Bertz CT molecular complexity index is 358. The zero-order valence-electron chi connectivity index (χ0n) is 8.57. The summed E-state index contributed by atoms with van der Waals surface area (Å²) in [6.45, 7) is 2.44. The first-order valence-electron chi connectivity index (χ1n) is 4.83. The van der Waals surface area contributed by atoms with Crippen LogP contribution in [0.25, 0.3) is 6.08 Å². The number of benzene rings is 1. The molecule has 1 aromatic carbocycles. The van der Waals surface area contributed by atoms with Gasteiger partial charge in [-0.2, -0.15) is 0 Å². The van der Waals surface area contributed by atoms with Gasteiger partial charge in [-0.25, -0.2) is 4.79 Å². The Balaban J connectivity index is 2.53. The van der Waals surface area contributed by atoms with Gasteiger partial charge in [-0.15, -0.1) is 0 Å². The standard InChI is InChI=1S/C12H13BrO2/c1-2-8-15-12(14)7-6-10-4-3-5-11(13)9-10/h3-7,9H,2,8H2,1H3. The van der Waals surface area contributed by atoms with Crippen molar-refractivity contribution in [3.8, 4) is 0 Å². The van der Waals surface area contributed by atoms with Gasteiger partial charge in [-0.1, -0.05) is 35.0 Å². The van der Waals surface area contributed by atoms with Gasteiger partial charge in [-0.3, -0.25) is 0 Å². The average Bonchev–Trinajstić information content (AvgIpc) is 2.23. The summed E-state index contributed by atoms with van der Waals surface area (Å²) in [6, 6.07) is 7.71. The molecule has 0 amide bonds. The number of rotatable bonds is 4. The number of ether oxygens (including phenoxy) is 1. The molecule has 0 unspecified atom stereocenters. The first kappa shape index (κ1) is 12.0. The summed E-state index contributed by atoms with van der Waals surface area (Å²) in [5.41, 5.74) is 0.970. The van der Waals surface area contributed by atoms with Gasteiger partial charge in [0.1, 0.15) is 0 Å². The predicted octanol–water partition coefficient (Wildman–Crippen LogP) is 3.42. The van der Waals surface area contributed by atoms with Gasteiger partial charge < -0.3 is 4.74 Å². The zero-order valence-corrected chi connectivity index (χ0v) is 10.2. The van der Waals surface area contributed by atoms with Gasteiger partial charge in [0.05, 0.1) is 6.61 Å². The lowest BCUT2D eigenvalue weighted by atomic mass is 10.2. The molecular formula is C12H13BrO2. The SMILES string of the molecule is CCCOC(=O)C=Cc1cccc(Br)c1. The van der Waals surface area contributed by atoms with E-state index in [1.807, 2.05) is 31.2 Å². The van der Waals surface area contributed by atoms with Crippen molar-refractivity contribution in [3.05, 3.63) is 40.4 Å². The van der Waals surface area contributed by atoms with Crippen LogP contribution < -0.4 is 0 Å². The molecule has 0 spiro atoms. The number of halogens is 1. The second-order valence-electron chi connectivity index (χ2n) is 3.06. The van der Waals surface area contributed by atoms with Crippen LogP contribution in [0.3, 0.4) is 0 Å². The van der Waals surface area contributed by atoms with Crippen LogP contribution in [-0.2, 0) is 9.53 Å². The van der Waals surface area contributed by atoms with E-state index in [9.17, 15) is 4.79 Å². The number of hydrogen-bond acceptors (Lipinski definition) is 2. The Kier molecular flexibility index (Phi) is 5.12. The van der Waals surface area contributed by atoms with Crippen molar-refractivity contribution in [1.82, 2.24) is 0 Å². The molecule has 15 heavy (non-hydrogen) atoms. The van der Waals surface area contributed by atoms with Gasteiger partial charge in [0.2, 0.25) is 0 Å². The highest BCUT2D eigenvalue weighted by molar-refractivity contribution is 9.10. The van der Waals surface area contributed by atoms with Crippen molar-refractivity contribution in [1.29, 1.82) is 0 Å². The van der Waals surface area contributed by atoms with Gasteiger partial charge in [0.25, 0.3) is 0 Å². The molecule has 0 bridgehead atoms. The Morgan fingerprint density at radius 2 is 2.33 bits per heavy atom. The van der Waals surface area contributed by atoms with Crippen LogP contribution in [0.5, 0.6) is 0 Å². The summed E-state index contributed by atoms with van der Waals surface area (Å²) >= 11 is 3.36. The fourth-order valence-electron chi connectivity index (χ4n) is 1.03. The molecule has 0 saturated carbocycles. The van der Waals surface area contributed by atoms with Crippen LogP contribution in [0.15, 0.2) is 34.8 Å². The fourth-order valence-corrected chi connectivity index (χ4v) is 1.44. The molecule has 2 nitrogen and oxygen atoms in total. The van der Waals surface area contributed by atoms with E-state index in [-0.39, 0.29) is 5.97 Å². The molecule has 1 rings (SSSR count). The Morgan fingerprint density at radius 1 is 1.53 bits per heavy atom. The molecule has 1 aromatic rings. The molecular weight excluding hydrogens is 256 g/mol. The Morgan fingerprint density at radius 3 is 3.00 bits per heavy atom. The molecule has 80 valence electrons. The van der Waals surface area contributed by atoms with Crippen molar-refractivity contribution >= 4 is 28.0 Å². The van der Waals surface area contributed by atoms with E-state index in [1.165, 1.54) is 6.08 Å². The normalized spacial score (nSPS) is 10.5. The highest BCUT2D eigenvalue weighted by atomic mass is 79.9. The minimum atomic E-state index is -0.295. The number of carbonyl (C=O) groups is 1. The van der Waals surface area contributed by atoms with E-state index in [0.29, 0.717) is 6.61 Å². The highest BCUT2D eigenvalue weighted by Gasteiger charge is 1.95. The summed E-state index contributed by atoms with van der Waals surface area (Å²) in [6.07, 6.45) is 4.02. The van der Waals surface area contributed by atoms with Crippen molar-refractivity contribution in [2.45, 2.75) is 13.3 Å². The Labute approximate surface area is 98.1 Å². The molecule has 0 fully saturated rings. The van der Waals surface area contributed by atoms with Crippen molar-refractivity contribution in [2.24, 2.45) is 0 Å². The third-order valence-electron chi connectivity index (χ3n) is 1.71. The quantitative estimate of drug-likeness (QED) is 0.618. The summed E-state index contributed by atoms with van der Waals surface area (Å²) in [5.74, 6) is -0.295. The second-order valence-corrected chi connectivity index (χ2v) is 3.97. The monoisotopic (exact) mass is 268 g/mol. The lowest BCUT2D eigenvalue weighted by molar-refractivity contribution is -0.137. The lowest BCUT2D eigenvalue weighted by Gasteiger charge is -1.97. The van der Waals surface area contributed by atoms with E-state index in [1.54, 1.807) is 6.08 Å². The minimum Gasteiger partial charge on any atom is -0.463 e. The van der Waals surface area contributed by atoms with E-state index < -0.39 is 0 Å². The highest BCUT2D eigenvalue weighted by Crippen LogP contribution is 2.12. The summed E-state index contributed by atoms with van der Waals surface area (Å²) < 4.78 is 5.90. The van der Waals surface area contributed by atoms with Crippen molar-refractivity contribution in [2.75, 3.05) is 6.61 Å². The molecule has 0 radical (unpaired) electrons. The molecule has 0 aliphatic carbocycles. The first-order valence-corrected chi connectivity index (χ1v) is 5.62. The molecule has 0 atom stereocenters. The van der Waals surface area contributed by atoms with Crippen molar-refractivity contribution < 1.29 is 9.53 Å². The third kappa shape index (κ3) is 4.79. The zero-order chi connectivity index (χ0) is 11.1. The molecule has 0 aromatic heterocycles. The molecule has 0 N–H and O–H groups in total. The van der Waals surface area contributed by atoms with Crippen LogP contribution in [-0.4, -0.2) is 12.6 Å². The largest absolute Gasteiger partial charge is 0.463 e. The minimum absolute atomic E-state index is 0.295. The summed E-state index contributed by atoms with van der Waals surface area (Å²) in [4.78, 5) is 11.1. The lowest BCUT2D eigenvalue weighted by Crippen LogP contribution is -2.00. The molecule has 0 aliphatic heterocycles. The molecule has 0 aliphatic rings. The first-order chi connectivity index (χ1) is 7.22. The number of esters is 1. The topological polar surface area (TPSA) is 26.3 Å². The summed E-state index contributed by atoms with van der Waals surface area (Å²) in [5, 5.41) is 0. The van der Waals surface area contributed by atoms with Gasteiger partial charge in [0, 0.05) is 10.5 Å². The summed E-state index contributed by atoms with van der Waals surface area (Å²) in [7, 11) is 0. The predicted molar refractivity (Wildman–Crippen MR) is 64.4 cm³/mol. The smallest absolute Gasteiger partial charge is 0.330 e.